The van der Waals surface area contributed by atoms with E-state index >= 15 is 0 Å². The molecule has 0 bridgehead atoms. The number of carbonyl (C=O) groups is 1. The monoisotopic (exact) mass is 353 g/mol. The summed E-state index contributed by atoms with van der Waals surface area (Å²) in [5, 5.41) is 8.57. The second-order valence-electron chi connectivity index (χ2n) is 7.30. The lowest BCUT2D eigenvalue weighted by atomic mass is 9.99. The molecule has 3 rings (SSSR count). The van der Waals surface area contributed by atoms with E-state index < -0.39 is 0 Å². The summed E-state index contributed by atoms with van der Waals surface area (Å²) in [7, 11) is 0. The maximum atomic E-state index is 12.5. The molecule has 0 unspecified atom stereocenters. The highest BCUT2D eigenvalue weighted by Gasteiger charge is 2.16. The molecule has 1 amide bonds. The van der Waals surface area contributed by atoms with Gasteiger partial charge >= 0.3 is 0 Å². The Kier molecular flexibility index (Phi) is 4.90. The van der Waals surface area contributed by atoms with Gasteiger partial charge in [-0.15, -0.1) is 0 Å². The predicted octanol–water partition coefficient (Wildman–Crippen LogP) is 4.09. The fraction of sp³-hybridized carbons (Fsp3) is 0.429. The summed E-state index contributed by atoms with van der Waals surface area (Å²) in [5.41, 5.74) is 7.42. The van der Waals surface area contributed by atoms with E-state index in [2.05, 4.69) is 44.2 Å². The minimum absolute atomic E-state index is 0.00120. The Labute approximate surface area is 154 Å². The number of hydrogen-bond acceptors (Lipinski definition) is 3. The molecule has 138 valence electrons. The largest absolute Gasteiger partial charge is 0.464 e. The third-order valence-electron chi connectivity index (χ3n) is 5.03. The highest BCUT2D eigenvalue weighted by atomic mass is 16.3. The number of aryl methyl sites for hydroxylation is 5. The molecule has 0 aliphatic heterocycles. The van der Waals surface area contributed by atoms with E-state index in [1.807, 2.05) is 24.6 Å². The van der Waals surface area contributed by atoms with Crippen LogP contribution < -0.4 is 5.32 Å². The number of carbonyl (C=O) groups excluding carboxylic acids is 1. The molecule has 5 heteroatoms. The van der Waals surface area contributed by atoms with E-state index in [0.717, 1.165) is 39.0 Å². The number of amides is 1. The molecule has 5 nitrogen and oxygen atoms in total. The summed E-state index contributed by atoms with van der Waals surface area (Å²) in [6.45, 7) is 12.8. The zero-order chi connectivity index (χ0) is 19.0. The van der Waals surface area contributed by atoms with Gasteiger partial charge in [0.1, 0.15) is 5.58 Å². The average Bonchev–Trinajstić information content (AvgIpc) is 3.14. The molecule has 0 aliphatic carbocycles. The molecule has 1 atom stereocenters. The number of benzene rings is 1. The number of furan rings is 1. The first-order chi connectivity index (χ1) is 12.3. The van der Waals surface area contributed by atoms with Gasteiger partial charge in [-0.05, 0) is 64.3 Å². The van der Waals surface area contributed by atoms with Crippen LogP contribution in [0.1, 0.15) is 46.6 Å². The zero-order valence-corrected chi connectivity index (χ0v) is 16.4. The molecule has 1 N–H and O–H groups in total. The van der Waals surface area contributed by atoms with Crippen LogP contribution in [0.25, 0.3) is 11.0 Å². The molecule has 0 saturated carbocycles. The molecule has 0 spiro atoms. The molecule has 0 aliphatic rings. The van der Waals surface area contributed by atoms with Gasteiger partial charge < -0.3 is 9.73 Å². The number of fused-ring (bicyclic) bond motifs is 1. The van der Waals surface area contributed by atoms with Crippen LogP contribution in [0.15, 0.2) is 22.8 Å². The molecule has 0 saturated heterocycles. The van der Waals surface area contributed by atoms with Crippen molar-refractivity contribution in [2.75, 3.05) is 6.54 Å². The quantitative estimate of drug-likeness (QED) is 0.751. The number of aromatic nitrogens is 2. The SMILES string of the molecule is Cc1cc(C)n([C@H](C)CNC(=O)Cc2coc3c(C)c(C)cc(C)c23)n1. The Morgan fingerprint density at radius 1 is 1.19 bits per heavy atom. The van der Waals surface area contributed by atoms with Gasteiger partial charge in [0.25, 0.3) is 0 Å². The van der Waals surface area contributed by atoms with E-state index in [0.29, 0.717) is 13.0 Å². The molecule has 1 aromatic carbocycles. The van der Waals surface area contributed by atoms with Crippen molar-refractivity contribution in [3.8, 4) is 0 Å². The Bertz CT molecular complexity index is 965. The van der Waals surface area contributed by atoms with Crippen molar-refractivity contribution in [1.82, 2.24) is 15.1 Å². The maximum absolute atomic E-state index is 12.5. The highest BCUT2D eigenvalue weighted by molar-refractivity contribution is 5.91. The van der Waals surface area contributed by atoms with Crippen molar-refractivity contribution in [3.05, 3.63) is 52.0 Å². The first-order valence-electron chi connectivity index (χ1n) is 9.04. The molecule has 26 heavy (non-hydrogen) atoms. The Morgan fingerprint density at radius 2 is 1.92 bits per heavy atom. The number of nitrogens with one attached hydrogen (secondary N) is 1. The van der Waals surface area contributed by atoms with Crippen LogP contribution in [0.4, 0.5) is 0 Å². The lowest BCUT2D eigenvalue weighted by Crippen LogP contribution is -2.31. The Balaban J connectivity index is 1.70. The van der Waals surface area contributed by atoms with E-state index in [1.54, 1.807) is 6.26 Å². The standard InChI is InChI=1S/C21H27N3O2/c1-12-7-13(2)20-18(11-26-21(20)17(12)6)9-19(25)22-10-16(5)24-15(4)8-14(3)23-24/h7-8,11,16H,9-10H2,1-6H3,(H,22,25)/t16-/m1/s1. The highest BCUT2D eigenvalue weighted by Crippen LogP contribution is 2.30. The van der Waals surface area contributed by atoms with Crippen molar-refractivity contribution in [3.63, 3.8) is 0 Å². The minimum Gasteiger partial charge on any atom is -0.464 e. The van der Waals surface area contributed by atoms with Gasteiger partial charge in [-0.3, -0.25) is 9.48 Å². The third-order valence-corrected chi connectivity index (χ3v) is 5.03. The first-order valence-corrected chi connectivity index (χ1v) is 9.04. The van der Waals surface area contributed by atoms with Gasteiger partial charge in [-0.2, -0.15) is 5.10 Å². The lowest BCUT2D eigenvalue weighted by molar-refractivity contribution is -0.120. The number of rotatable bonds is 5. The van der Waals surface area contributed by atoms with Gasteiger partial charge in [0.05, 0.1) is 24.4 Å². The summed E-state index contributed by atoms with van der Waals surface area (Å²) in [5.74, 6) is -0.00120. The molecule has 3 aromatic rings. The van der Waals surface area contributed by atoms with E-state index in [-0.39, 0.29) is 11.9 Å². The van der Waals surface area contributed by atoms with Gasteiger partial charge in [-0.25, -0.2) is 0 Å². The number of hydrogen-bond donors (Lipinski definition) is 1. The molecule has 2 heterocycles. The second kappa shape index (κ2) is 6.98. The minimum atomic E-state index is -0.00120. The van der Waals surface area contributed by atoms with Crippen LogP contribution in [0, 0.1) is 34.6 Å². The second-order valence-corrected chi connectivity index (χ2v) is 7.30. The van der Waals surface area contributed by atoms with E-state index in [1.165, 1.54) is 5.56 Å². The van der Waals surface area contributed by atoms with E-state index in [4.69, 9.17) is 4.42 Å². The van der Waals surface area contributed by atoms with Crippen molar-refractivity contribution in [2.24, 2.45) is 0 Å². The Hall–Kier alpha value is -2.56. The topological polar surface area (TPSA) is 60.1 Å². The van der Waals surface area contributed by atoms with Gasteiger partial charge in [0.2, 0.25) is 5.91 Å². The molecule has 2 aromatic heterocycles. The number of nitrogens with zero attached hydrogens (tertiary/aromatic N) is 2. The first kappa shape index (κ1) is 18.2. The van der Waals surface area contributed by atoms with Crippen molar-refractivity contribution in [1.29, 1.82) is 0 Å². The summed E-state index contributed by atoms with van der Waals surface area (Å²) in [4.78, 5) is 12.5. The smallest absolute Gasteiger partial charge is 0.224 e. The summed E-state index contributed by atoms with van der Waals surface area (Å²) in [6.07, 6.45) is 2.04. The van der Waals surface area contributed by atoms with Crippen LogP contribution >= 0.6 is 0 Å². The third kappa shape index (κ3) is 3.39. The van der Waals surface area contributed by atoms with Crippen molar-refractivity contribution >= 4 is 16.9 Å². The van der Waals surface area contributed by atoms with Crippen LogP contribution in [0.3, 0.4) is 0 Å². The molecular formula is C21H27N3O2. The summed E-state index contributed by atoms with van der Waals surface area (Å²) < 4.78 is 7.72. The fourth-order valence-electron chi connectivity index (χ4n) is 3.59. The average molecular weight is 353 g/mol. The summed E-state index contributed by atoms with van der Waals surface area (Å²) >= 11 is 0. The molecule has 0 fully saturated rings. The maximum Gasteiger partial charge on any atom is 0.224 e. The van der Waals surface area contributed by atoms with Gasteiger partial charge in [-0.1, -0.05) is 6.07 Å². The van der Waals surface area contributed by atoms with Gasteiger partial charge in [0, 0.05) is 23.2 Å². The zero-order valence-electron chi connectivity index (χ0n) is 16.4. The predicted molar refractivity (Wildman–Crippen MR) is 104 cm³/mol. The fourth-order valence-corrected chi connectivity index (χ4v) is 3.59. The summed E-state index contributed by atoms with van der Waals surface area (Å²) in [6, 6.07) is 4.31. The molecular weight excluding hydrogens is 326 g/mol. The van der Waals surface area contributed by atoms with Crippen molar-refractivity contribution in [2.45, 2.75) is 54.0 Å². The van der Waals surface area contributed by atoms with E-state index in [9.17, 15) is 4.79 Å². The normalized spacial score (nSPS) is 12.5. The molecule has 0 radical (unpaired) electrons. The lowest BCUT2D eigenvalue weighted by Gasteiger charge is -2.15. The van der Waals surface area contributed by atoms with Crippen LogP contribution in [0.5, 0.6) is 0 Å². The van der Waals surface area contributed by atoms with Crippen LogP contribution in [-0.2, 0) is 11.2 Å². The van der Waals surface area contributed by atoms with Crippen molar-refractivity contribution < 1.29 is 9.21 Å². The van der Waals surface area contributed by atoms with Crippen LogP contribution in [0.2, 0.25) is 0 Å². The van der Waals surface area contributed by atoms with Crippen LogP contribution in [-0.4, -0.2) is 22.2 Å². The Morgan fingerprint density at radius 3 is 2.58 bits per heavy atom. The van der Waals surface area contributed by atoms with Gasteiger partial charge in [0.15, 0.2) is 0 Å².